The number of hydrogen-bond acceptors (Lipinski definition) is 4. The summed E-state index contributed by atoms with van der Waals surface area (Å²) in [5.74, 6) is 2.42. The number of hydrogen-bond donors (Lipinski definition) is 0. The summed E-state index contributed by atoms with van der Waals surface area (Å²) in [6.45, 7) is 16.4. The number of rotatable bonds is 7. The van der Waals surface area contributed by atoms with Crippen LogP contribution in [0.2, 0.25) is 0 Å². The van der Waals surface area contributed by atoms with E-state index in [1.165, 1.54) is 16.8 Å². The van der Waals surface area contributed by atoms with Crippen molar-refractivity contribution in [3.63, 3.8) is 0 Å². The second-order valence-electron chi connectivity index (χ2n) is 18.4. The number of benzene rings is 6. The molecule has 302 valence electrons. The van der Waals surface area contributed by atoms with Crippen LogP contribution in [0.15, 0.2) is 170 Å². The van der Waals surface area contributed by atoms with Crippen molar-refractivity contribution in [3.8, 4) is 34.1 Å². The lowest BCUT2D eigenvalue weighted by atomic mass is 9.86. The van der Waals surface area contributed by atoms with E-state index in [0.717, 1.165) is 78.2 Å². The van der Waals surface area contributed by atoms with E-state index in [9.17, 15) is 0 Å². The number of nitrogens with zero attached hydrogens (tertiary/aromatic N) is 5. The van der Waals surface area contributed by atoms with Crippen LogP contribution in [0.1, 0.15) is 58.2 Å². The molecule has 9 aromatic rings. The summed E-state index contributed by atoms with van der Waals surface area (Å²) in [6, 6.07) is 54.1. The zero-order chi connectivity index (χ0) is 42.0. The van der Waals surface area contributed by atoms with Crippen molar-refractivity contribution in [2.45, 2.75) is 59.3 Å². The van der Waals surface area contributed by atoms with Gasteiger partial charge in [0, 0.05) is 64.1 Å². The number of fused-ring (bicyclic) bond motifs is 5. The third-order valence-electron chi connectivity index (χ3n) is 12.1. The molecule has 0 bridgehead atoms. The summed E-state index contributed by atoms with van der Waals surface area (Å²) in [4.78, 5) is 9.78. The molecule has 0 aliphatic carbocycles. The highest BCUT2D eigenvalue weighted by Crippen LogP contribution is 2.43. The maximum atomic E-state index is 6.94. The molecule has 0 spiro atoms. The average Bonchev–Trinajstić information content (AvgIpc) is 3.97. The Morgan fingerprint density at radius 2 is 1.15 bits per heavy atom. The van der Waals surface area contributed by atoms with Crippen molar-refractivity contribution in [1.82, 2.24) is 14.1 Å². The predicted molar refractivity (Wildman–Crippen MR) is 255 cm³/mol. The van der Waals surface area contributed by atoms with Gasteiger partial charge in [-0.3, -0.25) is 4.57 Å². The van der Waals surface area contributed by atoms with Crippen LogP contribution in [0, 0.1) is 6.92 Å². The first-order valence-electron chi connectivity index (χ1n) is 21.2. The summed E-state index contributed by atoms with van der Waals surface area (Å²) in [7, 11) is 0. The Kier molecular flexibility index (Phi) is 9.13. The van der Waals surface area contributed by atoms with Crippen LogP contribution < -0.4 is 14.5 Å². The first-order valence-corrected chi connectivity index (χ1v) is 21.2. The van der Waals surface area contributed by atoms with E-state index < -0.39 is 0 Å². The Balaban J connectivity index is 1.09. The molecule has 0 saturated carbocycles. The molecule has 0 radical (unpaired) electrons. The molecule has 0 atom stereocenters. The smallest absolute Gasteiger partial charge is 0.137 e. The zero-order valence-corrected chi connectivity index (χ0v) is 36.0. The number of pyridine rings is 1. The molecule has 1 aliphatic rings. The van der Waals surface area contributed by atoms with E-state index in [1.54, 1.807) is 0 Å². The molecule has 0 saturated heterocycles. The highest BCUT2D eigenvalue weighted by molar-refractivity contribution is 6.20. The number of anilines is 2. The van der Waals surface area contributed by atoms with E-state index in [-0.39, 0.29) is 10.8 Å². The van der Waals surface area contributed by atoms with Gasteiger partial charge in [-0.05, 0) is 101 Å². The van der Waals surface area contributed by atoms with Crippen molar-refractivity contribution < 1.29 is 4.74 Å². The third-order valence-corrected chi connectivity index (χ3v) is 12.1. The van der Waals surface area contributed by atoms with E-state index in [0.29, 0.717) is 6.67 Å². The van der Waals surface area contributed by atoms with Crippen LogP contribution in [0.5, 0.6) is 11.5 Å². The van der Waals surface area contributed by atoms with E-state index in [1.807, 2.05) is 6.20 Å². The van der Waals surface area contributed by atoms with Gasteiger partial charge in [0.15, 0.2) is 0 Å². The monoisotopic (exact) mass is 797 g/mol. The average molecular weight is 798 g/mol. The Morgan fingerprint density at radius 1 is 0.508 bits per heavy atom. The highest BCUT2D eigenvalue weighted by atomic mass is 16.5. The van der Waals surface area contributed by atoms with Gasteiger partial charge in [0.25, 0.3) is 0 Å². The van der Waals surface area contributed by atoms with Crippen molar-refractivity contribution in [3.05, 3.63) is 187 Å². The lowest BCUT2D eigenvalue weighted by molar-refractivity contribution is 0.479. The summed E-state index contributed by atoms with van der Waals surface area (Å²) in [5, 5.41) is 2.28. The van der Waals surface area contributed by atoms with Crippen molar-refractivity contribution >= 4 is 44.2 Å². The topological polar surface area (TPSA) is 38.5 Å². The molecule has 6 nitrogen and oxygen atoms in total. The fourth-order valence-corrected chi connectivity index (χ4v) is 8.73. The molecule has 10 rings (SSSR count). The maximum Gasteiger partial charge on any atom is 0.137 e. The van der Waals surface area contributed by atoms with Gasteiger partial charge in [0.05, 0.1) is 28.7 Å². The Labute approximate surface area is 358 Å². The van der Waals surface area contributed by atoms with Gasteiger partial charge < -0.3 is 19.1 Å². The maximum absolute atomic E-state index is 6.94. The van der Waals surface area contributed by atoms with Crippen LogP contribution in [0.4, 0.5) is 11.4 Å². The zero-order valence-electron chi connectivity index (χ0n) is 36.0. The quantitative estimate of drug-likeness (QED) is 0.161. The van der Waals surface area contributed by atoms with Crippen LogP contribution in [-0.2, 0) is 10.8 Å². The van der Waals surface area contributed by atoms with Crippen LogP contribution >= 0.6 is 0 Å². The first-order chi connectivity index (χ1) is 29.4. The molecular formula is C55H51N5O. The van der Waals surface area contributed by atoms with E-state index in [4.69, 9.17) is 9.72 Å². The number of aromatic nitrogens is 3. The second-order valence-corrected chi connectivity index (χ2v) is 18.4. The Hall–Kier alpha value is -7.05. The fraction of sp³-hybridized carbons (Fsp3) is 0.182. The molecular weight excluding hydrogens is 747 g/mol. The van der Waals surface area contributed by atoms with Gasteiger partial charge >= 0.3 is 0 Å². The fourth-order valence-electron chi connectivity index (χ4n) is 8.73. The van der Waals surface area contributed by atoms with Gasteiger partial charge in [-0.25, -0.2) is 4.98 Å². The molecule has 4 heterocycles. The molecule has 1 aliphatic heterocycles. The van der Waals surface area contributed by atoms with Gasteiger partial charge in [-0.1, -0.05) is 120 Å². The van der Waals surface area contributed by atoms with Crippen LogP contribution in [0.3, 0.4) is 0 Å². The Bertz CT molecular complexity index is 3110. The minimum Gasteiger partial charge on any atom is -0.457 e. The first kappa shape index (κ1) is 38.2. The molecule has 6 heteroatoms. The summed E-state index contributed by atoms with van der Waals surface area (Å²) >= 11 is 0. The van der Waals surface area contributed by atoms with E-state index in [2.05, 4.69) is 231 Å². The molecule has 6 aromatic carbocycles. The second kappa shape index (κ2) is 14.6. The summed E-state index contributed by atoms with van der Waals surface area (Å²) in [6.07, 6.45) is 6.34. The minimum atomic E-state index is -0.0940. The number of ether oxygens (including phenoxy) is 1. The predicted octanol–water partition coefficient (Wildman–Crippen LogP) is 14.2. The standard InChI is InChI=1S/C55H51N5O/c1-37-30-51(56-35-48(37)38-16-10-8-11-17-38)60-50-34-44(26-27-47(50)52-53(60)46-20-14-15-21-49(46)59(52)42-18-12-9-13-19-42)61-45-32-40(55(5,6)7)31-43(33-45)58-29-28-57(36-58)41-24-22-39(23-25-41)54(2,3)4/h8-35H,36H2,1-7H3. The molecule has 0 amide bonds. The lowest BCUT2D eigenvalue weighted by Gasteiger charge is -2.26. The van der Waals surface area contributed by atoms with E-state index >= 15 is 0 Å². The Morgan fingerprint density at radius 3 is 1.85 bits per heavy atom. The molecule has 3 aromatic heterocycles. The lowest BCUT2D eigenvalue weighted by Crippen LogP contribution is -2.25. The third kappa shape index (κ3) is 6.92. The van der Waals surface area contributed by atoms with Gasteiger partial charge in [-0.15, -0.1) is 0 Å². The van der Waals surface area contributed by atoms with Crippen LogP contribution in [-0.4, -0.2) is 20.8 Å². The van der Waals surface area contributed by atoms with Crippen molar-refractivity contribution in [2.24, 2.45) is 0 Å². The SMILES string of the molecule is Cc1cc(-n2c3cc(Oc4cc(N5C=CN(c6ccc(C(C)(C)C)cc6)C5)cc(C(C)(C)C)c4)ccc3c3c2c2ccccc2n3-c2ccccc2)ncc1-c1ccccc1. The largest absolute Gasteiger partial charge is 0.457 e. The summed E-state index contributed by atoms with van der Waals surface area (Å²) < 4.78 is 11.7. The molecule has 0 unspecified atom stereocenters. The molecule has 61 heavy (non-hydrogen) atoms. The summed E-state index contributed by atoms with van der Waals surface area (Å²) in [5.41, 5.74) is 13.8. The highest BCUT2D eigenvalue weighted by Gasteiger charge is 2.25. The van der Waals surface area contributed by atoms with Crippen molar-refractivity contribution in [1.29, 1.82) is 0 Å². The number of aryl methyl sites for hydroxylation is 1. The van der Waals surface area contributed by atoms with Gasteiger partial charge in [0.1, 0.15) is 17.3 Å². The van der Waals surface area contributed by atoms with Crippen molar-refractivity contribution in [2.75, 3.05) is 16.5 Å². The van der Waals surface area contributed by atoms with Gasteiger partial charge in [0.2, 0.25) is 0 Å². The van der Waals surface area contributed by atoms with Gasteiger partial charge in [-0.2, -0.15) is 0 Å². The minimum absolute atomic E-state index is 0.0940. The molecule has 0 N–H and O–H groups in total. The normalized spacial score (nSPS) is 13.3. The number of para-hydroxylation sites is 2. The molecule has 0 fully saturated rings. The van der Waals surface area contributed by atoms with Crippen LogP contribution in [0.25, 0.3) is 55.5 Å².